The highest BCUT2D eigenvalue weighted by atomic mass is 127. The molecule has 0 aliphatic heterocycles. The van der Waals surface area contributed by atoms with E-state index < -0.39 is 5.82 Å². The average molecular weight is 2110 g/mol. The van der Waals surface area contributed by atoms with Crippen LogP contribution in [0.2, 0.25) is 5.02 Å². The molecule has 0 unspecified atom stereocenters. The van der Waals surface area contributed by atoms with Crippen LogP contribution in [0.15, 0.2) is 229 Å². The van der Waals surface area contributed by atoms with E-state index in [0.717, 1.165) is 214 Å². The molecule has 0 saturated carbocycles. The lowest BCUT2D eigenvalue weighted by atomic mass is 10.1. The third-order valence-electron chi connectivity index (χ3n) is 19.9. The van der Waals surface area contributed by atoms with Gasteiger partial charge in [-0.2, -0.15) is 0 Å². The number of aryl methyl sites for hydroxylation is 13. The van der Waals surface area contributed by atoms with Crippen LogP contribution in [0.25, 0.3) is 6.08 Å². The van der Waals surface area contributed by atoms with Gasteiger partial charge in [0.15, 0.2) is 0 Å². The van der Waals surface area contributed by atoms with Gasteiger partial charge in [-0.25, -0.2) is 4.39 Å². The standard InChI is InChI=1S/C19H21NO2S.C18H21NO2S.C17H18BrNO2S.C17H18ClNO2S.C17H18FNO2S.C17H18INO2S/c1-5-15-7-6-8-16(18(15)20-19(21)23-4)12-22-17-10-9-13(2)11-14(17)3;1-12-8-9-16(14(3)10-12)21-11-15-7-5-6-13(2)17(15)19-18(20)22-4;4*1-11-7-8-15(12(2)9-11)21-10-13-5-4-6-14(18)16(13)19-17(20)22-3/h5-11H,1,12H2,2-4H3,(H,20,21);5-10H,11H2,1-4H3,(H,19,20);4*4-9H,10H2,1-3H3,(H,19,20). The fourth-order valence-corrected chi connectivity index (χ4v) is 15.7. The minimum atomic E-state index is -0.468. The van der Waals surface area contributed by atoms with Crippen LogP contribution in [-0.4, -0.2) is 69.0 Å². The molecule has 12 rings (SSSR count). The van der Waals surface area contributed by atoms with Crippen molar-refractivity contribution in [2.75, 3.05) is 69.4 Å². The molecule has 0 fully saturated rings. The van der Waals surface area contributed by atoms with Gasteiger partial charge in [-0.05, 0) is 271 Å². The highest BCUT2D eigenvalue weighted by Gasteiger charge is 2.19. The van der Waals surface area contributed by atoms with Crippen molar-refractivity contribution in [1.82, 2.24) is 0 Å². The Bertz CT molecular complexity index is 5340. The number of hydrogen-bond acceptors (Lipinski definition) is 18. The van der Waals surface area contributed by atoms with Gasteiger partial charge in [-0.3, -0.25) is 28.8 Å². The topological polar surface area (TPSA) is 230 Å². The first-order valence-electron chi connectivity index (χ1n) is 41.8. The average Bonchev–Trinajstić information content (AvgIpc) is 0.752. The van der Waals surface area contributed by atoms with E-state index in [1.54, 1.807) is 61.8 Å². The van der Waals surface area contributed by atoms with Crippen molar-refractivity contribution in [2.45, 2.75) is 130 Å². The van der Waals surface area contributed by atoms with Gasteiger partial charge in [-0.15, -0.1) is 0 Å². The van der Waals surface area contributed by atoms with Gasteiger partial charge in [0, 0.05) is 41.4 Å². The Hall–Kier alpha value is -10.5. The summed E-state index contributed by atoms with van der Waals surface area (Å²) in [5.41, 5.74) is 24.8. The molecule has 700 valence electrons. The van der Waals surface area contributed by atoms with Gasteiger partial charge in [0.1, 0.15) is 80.0 Å². The number of thioether (sulfide) groups is 6. The minimum Gasteiger partial charge on any atom is -0.489 e. The summed E-state index contributed by atoms with van der Waals surface area (Å²) >= 11 is 18.6. The maximum atomic E-state index is 13.9. The number of halogens is 4. The van der Waals surface area contributed by atoms with Gasteiger partial charge < -0.3 is 60.3 Å². The van der Waals surface area contributed by atoms with Crippen LogP contribution in [0.4, 0.5) is 67.3 Å². The first kappa shape index (κ1) is 110. The number of anilines is 6. The Morgan fingerprint density at radius 2 is 0.564 bits per heavy atom. The monoisotopic (exact) mass is 2100 g/mol. The van der Waals surface area contributed by atoms with Gasteiger partial charge >= 0.3 is 0 Å². The zero-order valence-corrected chi connectivity index (χ0v) is 87.6. The molecule has 0 aliphatic rings. The first-order chi connectivity index (χ1) is 63.6. The second-order valence-corrected chi connectivity index (χ2v) is 37.4. The van der Waals surface area contributed by atoms with E-state index in [4.69, 9.17) is 40.0 Å². The van der Waals surface area contributed by atoms with Crippen molar-refractivity contribution in [3.63, 3.8) is 0 Å². The SMILES string of the molecule is C=Cc1cccc(COc2ccc(C)cc2C)c1NC(=O)SC.CSC(=O)Nc1c(Br)cccc1COc1ccc(C)cc1C.CSC(=O)Nc1c(C)cccc1COc1ccc(C)cc1C.CSC(=O)Nc1c(Cl)cccc1COc1ccc(C)cc1C.CSC(=O)Nc1c(F)cccc1COc1ccc(C)cc1C.CSC(=O)Nc1c(I)cccc1COc1ccc(C)cc1C. The quantitative estimate of drug-likeness (QED) is 0.0292. The molecule has 0 spiro atoms. The van der Waals surface area contributed by atoms with Crippen LogP contribution in [0.5, 0.6) is 34.5 Å². The lowest BCUT2D eigenvalue weighted by Crippen LogP contribution is -2.10. The number of amides is 6. The molecule has 133 heavy (non-hydrogen) atoms. The van der Waals surface area contributed by atoms with Crippen LogP contribution in [0.1, 0.15) is 111 Å². The second kappa shape index (κ2) is 56.7. The third kappa shape index (κ3) is 36.0. The molecule has 6 amide bonds. The third-order valence-corrected chi connectivity index (χ3v) is 24.6. The molecule has 0 radical (unpaired) electrons. The van der Waals surface area contributed by atoms with Crippen LogP contribution in [0, 0.1) is 99.4 Å². The summed E-state index contributed by atoms with van der Waals surface area (Å²) < 4.78 is 51.1. The number of benzene rings is 12. The molecular weight excluding hydrogens is 1990 g/mol. The van der Waals surface area contributed by atoms with Crippen molar-refractivity contribution in [2.24, 2.45) is 0 Å². The van der Waals surface area contributed by atoms with Crippen LogP contribution >= 0.6 is 121 Å². The number of nitrogens with one attached hydrogen (secondary N) is 6. The van der Waals surface area contributed by atoms with Crippen molar-refractivity contribution in [3.05, 3.63) is 355 Å². The predicted octanol–water partition coefficient (Wildman–Crippen LogP) is 31.8. The highest BCUT2D eigenvalue weighted by Crippen LogP contribution is 2.36. The Morgan fingerprint density at radius 1 is 0.316 bits per heavy atom. The molecule has 0 aromatic heterocycles. The summed E-state index contributed by atoms with van der Waals surface area (Å²) in [7, 11) is 0. The zero-order chi connectivity index (χ0) is 97.4. The van der Waals surface area contributed by atoms with E-state index in [-0.39, 0.29) is 43.7 Å². The van der Waals surface area contributed by atoms with Gasteiger partial charge in [0.05, 0.1) is 39.1 Å². The number of para-hydroxylation sites is 6. The molecule has 12 aromatic rings. The number of carbonyl (C=O) groups is 6. The van der Waals surface area contributed by atoms with E-state index in [2.05, 4.69) is 135 Å². The van der Waals surface area contributed by atoms with Gasteiger partial charge in [0.2, 0.25) is 0 Å². The second-order valence-electron chi connectivity index (χ2n) is 30.3. The molecule has 0 aliphatic carbocycles. The highest BCUT2D eigenvalue weighted by molar-refractivity contribution is 14.1. The van der Waals surface area contributed by atoms with E-state index in [1.807, 2.05) is 226 Å². The number of ether oxygens (including phenoxy) is 6. The molecule has 0 heterocycles. The lowest BCUT2D eigenvalue weighted by Gasteiger charge is -2.15. The van der Waals surface area contributed by atoms with Crippen LogP contribution in [0.3, 0.4) is 0 Å². The molecular formula is C105H114BrClFIN6O12S6. The molecule has 28 heteroatoms. The summed E-state index contributed by atoms with van der Waals surface area (Å²) in [4.78, 5) is 69.8. The number of carbonyl (C=O) groups excluding carboxylic acids is 6. The number of hydrogen-bond donors (Lipinski definition) is 6. The molecule has 6 N–H and O–H groups in total. The van der Waals surface area contributed by atoms with Crippen LogP contribution in [-0.2, 0) is 39.6 Å². The van der Waals surface area contributed by atoms with Crippen molar-refractivity contribution in [1.29, 1.82) is 0 Å². The van der Waals surface area contributed by atoms with Gasteiger partial charge in [-0.1, -0.05) is 286 Å². The van der Waals surface area contributed by atoms with Crippen LogP contribution < -0.4 is 60.3 Å². The first-order valence-corrected chi connectivity index (χ1v) is 51.4. The summed E-state index contributed by atoms with van der Waals surface area (Å²) in [5.74, 6) is 4.55. The summed E-state index contributed by atoms with van der Waals surface area (Å²) in [6, 6.07) is 69.9. The Morgan fingerprint density at radius 3 is 0.902 bits per heavy atom. The fraction of sp³-hybridized carbons (Fsp3) is 0.238. The van der Waals surface area contributed by atoms with E-state index >= 15 is 0 Å². The summed E-state index contributed by atoms with van der Waals surface area (Å²) in [6.45, 7) is 32.3. The van der Waals surface area contributed by atoms with Crippen molar-refractivity contribution in [3.8, 4) is 34.5 Å². The Balaban J connectivity index is 0.000000218. The maximum absolute atomic E-state index is 13.9. The predicted molar refractivity (Wildman–Crippen MR) is 576 cm³/mol. The molecule has 0 saturated heterocycles. The van der Waals surface area contributed by atoms with Gasteiger partial charge in [0.25, 0.3) is 31.4 Å². The van der Waals surface area contributed by atoms with E-state index in [0.29, 0.717) is 49.3 Å². The van der Waals surface area contributed by atoms with Crippen molar-refractivity contribution >= 4 is 192 Å². The fourth-order valence-electron chi connectivity index (χ4n) is 13.0. The summed E-state index contributed by atoms with van der Waals surface area (Å²) in [5, 5.41) is 16.7. The molecule has 0 bridgehead atoms. The summed E-state index contributed by atoms with van der Waals surface area (Å²) in [6.07, 6.45) is 12.1. The molecule has 12 aromatic carbocycles. The largest absolute Gasteiger partial charge is 0.489 e. The maximum Gasteiger partial charge on any atom is 0.283 e. The van der Waals surface area contributed by atoms with Crippen molar-refractivity contribution < 1.29 is 61.6 Å². The zero-order valence-electron chi connectivity index (χ0n) is 78.2. The number of rotatable bonds is 25. The minimum absolute atomic E-state index is 0.0675. The molecule has 18 nitrogen and oxygen atoms in total. The molecule has 0 atom stereocenters. The van der Waals surface area contributed by atoms with E-state index in [1.165, 1.54) is 33.9 Å². The van der Waals surface area contributed by atoms with E-state index in [9.17, 15) is 33.2 Å². The lowest BCUT2D eigenvalue weighted by molar-refractivity contribution is 0.269. The Kier molecular flexibility index (Phi) is 46.7. The Labute approximate surface area is 835 Å². The smallest absolute Gasteiger partial charge is 0.283 e. The normalized spacial score (nSPS) is 10.3.